The molecule has 1 N–H and O–H groups in total. The molecule has 0 aliphatic carbocycles. The summed E-state index contributed by atoms with van der Waals surface area (Å²) in [6.07, 6.45) is 1.56. The van der Waals surface area contributed by atoms with Crippen LogP contribution in [0.1, 0.15) is 41.3 Å². The Kier molecular flexibility index (Phi) is 4.97. The van der Waals surface area contributed by atoms with Crippen molar-refractivity contribution in [2.45, 2.75) is 31.4 Å². The Morgan fingerprint density at radius 3 is 2.69 bits per heavy atom. The molecule has 0 radical (unpaired) electrons. The van der Waals surface area contributed by atoms with E-state index in [0.717, 1.165) is 24.2 Å². The molecule has 1 heterocycles. The Morgan fingerprint density at radius 2 is 2.04 bits per heavy atom. The molecule has 1 amide bonds. The average molecular weight is 350 g/mol. The van der Waals surface area contributed by atoms with Crippen LogP contribution < -0.4 is 4.74 Å². The summed E-state index contributed by atoms with van der Waals surface area (Å²) in [5.41, 5.74) is 0.495. The van der Waals surface area contributed by atoms with E-state index in [0.29, 0.717) is 17.7 Å². The van der Waals surface area contributed by atoms with Gasteiger partial charge in [0.2, 0.25) is 0 Å². The van der Waals surface area contributed by atoms with Gasteiger partial charge in [-0.3, -0.25) is 4.79 Å². The van der Waals surface area contributed by atoms with Crippen LogP contribution in [0.5, 0.6) is 5.75 Å². The number of hydrogen-bond acceptors (Lipinski definition) is 4. The van der Waals surface area contributed by atoms with Crippen LogP contribution in [-0.2, 0) is 5.60 Å². The van der Waals surface area contributed by atoms with Crippen molar-refractivity contribution in [1.29, 1.82) is 5.26 Å². The van der Waals surface area contributed by atoms with Crippen molar-refractivity contribution in [2.24, 2.45) is 0 Å². The molecule has 2 atom stereocenters. The van der Waals surface area contributed by atoms with Crippen LogP contribution in [0.3, 0.4) is 0 Å². The quantitative estimate of drug-likeness (QED) is 0.920. The third-order valence-electron chi connectivity index (χ3n) is 5.08. The minimum absolute atomic E-state index is 0.154. The Bertz CT molecular complexity index is 837. The molecule has 134 valence electrons. The fourth-order valence-electron chi connectivity index (χ4n) is 3.60. The summed E-state index contributed by atoms with van der Waals surface area (Å²) in [5, 5.41) is 20.3. The number of carbonyl (C=O) groups excluding carboxylic acids is 1. The predicted octanol–water partition coefficient (Wildman–Crippen LogP) is 3.08. The standard InChI is InChI=1S/C21H22N2O3/c1-21(25,17-8-10-18(26-2)11-9-17)19-7-4-12-23(19)20(24)16-6-3-5-15(13-16)14-22/h3,5-6,8-11,13,19,25H,4,7,12H2,1-2H3/t19-,21+/m0/s1. The predicted molar refractivity (Wildman–Crippen MR) is 97.8 cm³/mol. The van der Waals surface area contributed by atoms with Crippen LogP contribution in [0.2, 0.25) is 0 Å². The highest BCUT2D eigenvalue weighted by atomic mass is 16.5. The van der Waals surface area contributed by atoms with Crippen LogP contribution >= 0.6 is 0 Å². The molecule has 2 aromatic rings. The first-order valence-corrected chi connectivity index (χ1v) is 8.65. The summed E-state index contributed by atoms with van der Waals surface area (Å²) in [6, 6.07) is 15.7. The van der Waals surface area contributed by atoms with Gasteiger partial charge in [-0.05, 0) is 55.7 Å². The summed E-state index contributed by atoms with van der Waals surface area (Å²) < 4.78 is 5.17. The first kappa shape index (κ1) is 18.0. The number of aliphatic hydroxyl groups is 1. The van der Waals surface area contributed by atoms with Crippen molar-refractivity contribution in [2.75, 3.05) is 13.7 Å². The number of ether oxygens (including phenoxy) is 1. The van der Waals surface area contributed by atoms with Gasteiger partial charge in [-0.25, -0.2) is 0 Å². The van der Waals surface area contributed by atoms with E-state index in [1.54, 1.807) is 55.3 Å². The molecule has 0 aromatic heterocycles. The first-order valence-electron chi connectivity index (χ1n) is 8.65. The second-order valence-electron chi connectivity index (χ2n) is 6.73. The maximum atomic E-state index is 13.0. The topological polar surface area (TPSA) is 73.6 Å². The fourth-order valence-corrected chi connectivity index (χ4v) is 3.60. The molecule has 26 heavy (non-hydrogen) atoms. The van der Waals surface area contributed by atoms with E-state index in [-0.39, 0.29) is 11.9 Å². The summed E-state index contributed by atoms with van der Waals surface area (Å²) in [6.45, 7) is 2.34. The van der Waals surface area contributed by atoms with E-state index in [4.69, 9.17) is 10.00 Å². The summed E-state index contributed by atoms with van der Waals surface area (Å²) in [5.74, 6) is 0.565. The van der Waals surface area contributed by atoms with Crippen molar-refractivity contribution in [3.05, 3.63) is 65.2 Å². The lowest BCUT2D eigenvalue weighted by molar-refractivity contribution is -0.0177. The molecule has 0 unspecified atom stereocenters. The van der Waals surface area contributed by atoms with E-state index in [1.165, 1.54) is 0 Å². The lowest BCUT2D eigenvalue weighted by atomic mass is 9.86. The Morgan fingerprint density at radius 1 is 1.31 bits per heavy atom. The monoisotopic (exact) mass is 350 g/mol. The maximum Gasteiger partial charge on any atom is 0.254 e. The smallest absolute Gasteiger partial charge is 0.254 e. The molecule has 2 aromatic carbocycles. The third kappa shape index (κ3) is 3.29. The zero-order valence-corrected chi connectivity index (χ0v) is 15.0. The van der Waals surface area contributed by atoms with Crippen LogP contribution in [-0.4, -0.2) is 35.6 Å². The molecule has 1 saturated heterocycles. The Hall–Kier alpha value is -2.84. The largest absolute Gasteiger partial charge is 0.497 e. The zero-order chi connectivity index (χ0) is 18.7. The highest BCUT2D eigenvalue weighted by molar-refractivity contribution is 5.95. The van der Waals surface area contributed by atoms with E-state index in [9.17, 15) is 9.90 Å². The van der Waals surface area contributed by atoms with Crippen LogP contribution in [0.15, 0.2) is 48.5 Å². The molecule has 1 aliphatic heterocycles. The minimum atomic E-state index is -1.18. The molecule has 5 heteroatoms. The second-order valence-corrected chi connectivity index (χ2v) is 6.73. The van der Waals surface area contributed by atoms with Gasteiger partial charge in [0.15, 0.2) is 0 Å². The lowest BCUT2D eigenvalue weighted by Gasteiger charge is -2.37. The van der Waals surface area contributed by atoms with Crippen molar-refractivity contribution >= 4 is 5.91 Å². The van der Waals surface area contributed by atoms with Gasteiger partial charge >= 0.3 is 0 Å². The van der Waals surface area contributed by atoms with Gasteiger partial charge in [0.05, 0.1) is 24.8 Å². The van der Waals surface area contributed by atoms with E-state index >= 15 is 0 Å². The Labute approximate surface area is 153 Å². The molecule has 0 saturated carbocycles. The number of methoxy groups -OCH3 is 1. The van der Waals surface area contributed by atoms with E-state index < -0.39 is 5.60 Å². The Balaban J connectivity index is 1.88. The summed E-state index contributed by atoms with van der Waals surface area (Å²) in [4.78, 5) is 14.7. The minimum Gasteiger partial charge on any atom is -0.497 e. The average Bonchev–Trinajstić information content (AvgIpc) is 3.18. The number of nitrogens with zero attached hydrogens (tertiary/aromatic N) is 2. The van der Waals surface area contributed by atoms with Crippen LogP contribution in [0.25, 0.3) is 0 Å². The van der Waals surface area contributed by atoms with Crippen molar-refractivity contribution in [3.8, 4) is 11.8 Å². The molecular formula is C21H22N2O3. The molecule has 1 aliphatic rings. The maximum absolute atomic E-state index is 13.0. The van der Waals surface area contributed by atoms with Gasteiger partial charge in [-0.2, -0.15) is 5.26 Å². The second kappa shape index (κ2) is 7.19. The normalized spacial score (nSPS) is 18.8. The summed E-state index contributed by atoms with van der Waals surface area (Å²) in [7, 11) is 1.60. The highest BCUT2D eigenvalue weighted by Gasteiger charge is 2.42. The first-order chi connectivity index (χ1) is 12.5. The summed E-state index contributed by atoms with van der Waals surface area (Å²) >= 11 is 0. The van der Waals surface area contributed by atoms with E-state index in [2.05, 4.69) is 6.07 Å². The lowest BCUT2D eigenvalue weighted by Crippen LogP contribution is -2.48. The number of carbonyl (C=O) groups is 1. The molecule has 5 nitrogen and oxygen atoms in total. The number of hydrogen-bond donors (Lipinski definition) is 1. The number of likely N-dealkylation sites (tertiary alicyclic amines) is 1. The van der Waals surface area contributed by atoms with Crippen molar-refractivity contribution in [1.82, 2.24) is 4.90 Å². The van der Waals surface area contributed by atoms with Gasteiger partial charge in [0.25, 0.3) is 5.91 Å². The number of nitriles is 1. The SMILES string of the molecule is COc1ccc([C@@](C)(O)[C@@H]2CCCN2C(=O)c2cccc(C#N)c2)cc1. The number of benzene rings is 2. The zero-order valence-electron chi connectivity index (χ0n) is 15.0. The van der Waals surface area contributed by atoms with Crippen molar-refractivity contribution in [3.63, 3.8) is 0 Å². The van der Waals surface area contributed by atoms with Crippen molar-refractivity contribution < 1.29 is 14.6 Å². The van der Waals surface area contributed by atoms with Gasteiger partial charge in [-0.1, -0.05) is 18.2 Å². The van der Waals surface area contributed by atoms with Crippen LogP contribution in [0, 0.1) is 11.3 Å². The number of amides is 1. The van der Waals surface area contributed by atoms with Gasteiger partial charge in [0.1, 0.15) is 11.4 Å². The van der Waals surface area contributed by atoms with Gasteiger partial charge in [0, 0.05) is 12.1 Å². The van der Waals surface area contributed by atoms with Crippen LogP contribution in [0.4, 0.5) is 0 Å². The third-order valence-corrected chi connectivity index (χ3v) is 5.08. The molecule has 1 fully saturated rings. The van der Waals surface area contributed by atoms with Gasteiger partial charge in [-0.15, -0.1) is 0 Å². The highest BCUT2D eigenvalue weighted by Crippen LogP contribution is 2.36. The molecule has 3 rings (SSSR count). The molecule has 0 spiro atoms. The molecule has 0 bridgehead atoms. The van der Waals surface area contributed by atoms with Gasteiger partial charge < -0.3 is 14.7 Å². The molecular weight excluding hydrogens is 328 g/mol. The number of rotatable bonds is 4. The van der Waals surface area contributed by atoms with E-state index in [1.807, 2.05) is 12.1 Å². The fraction of sp³-hybridized carbons (Fsp3) is 0.333.